The quantitative estimate of drug-likeness (QED) is 0.766. The number of nitrogens with zero attached hydrogens (tertiary/aromatic N) is 3. The molecule has 0 unspecified atom stereocenters. The van der Waals surface area contributed by atoms with Crippen molar-refractivity contribution in [3.05, 3.63) is 68.7 Å². The molecule has 0 amide bonds. The molecule has 132 valence electrons. The van der Waals surface area contributed by atoms with E-state index in [4.69, 9.17) is 9.47 Å². The Morgan fingerprint density at radius 1 is 1.15 bits per heavy atom. The molecule has 0 saturated carbocycles. The largest absolute Gasteiger partial charge is 0.497 e. The lowest BCUT2D eigenvalue weighted by Crippen LogP contribution is -2.27. The Kier molecular flexibility index (Phi) is 4.33. The predicted molar refractivity (Wildman–Crippen MR) is 89.4 cm³/mol. The first-order chi connectivity index (χ1) is 12.4. The van der Waals surface area contributed by atoms with E-state index in [9.17, 15) is 19.2 Å². The SMILES string of the molecule is COc1ccc(Oc2cc(-n3c(=O)[nH]n(C)c3=O)c(F)cc2C#N)cc1. The lowest BCUT2D eigenvalue weighted by atomic mass is 10.2. The Hall–Kier alpha value is -3.80. The van der Waals surface area contributed by atoms with Crippen molar-refractivity contribution in [2.24, 2.45) is 7.05 Å². The van der Waals surface area contributed by atoms with E-state index in [1.807, 2.05) is 6.07 Å². The molecule has 1 N–H and O–H groups in total. The monoisotopic (exact) mass is 356 g/mol. The summed E-state index contributed by atoms with van der Waals surface area (Å²) in [5.74, 6) is 0.0841. The Morgan fingerprint density at radius 3 is 2.35 bits per heavy atom. The lowest BCUT2D eigenvalue weighted by Gasteiger charge is -2.11. The minimum Gasteiger partial charge on any atom is -0.497 e. The smallest absolute Gasteiger partial charge is 0.351 e. The van der Waals surface area contributed by atoms with Gasteiger partial charge in [-0.05, 0) is 30.3 Å². The zero-order valence-electron chi connectivity index (χ0n) is 13.8. The van der Waals surface area contributed by atoms with Gasteiger partial charge in [0, 0.05) is 13.1 Å². The van der Waals surface area contributed by atoms with E-state index in [-0.39, 0.29) is 17.0 Å². The number of rotatable bonds is 4. The number of nitriles is 1. The fourth-order valence-electron chi connectivity index (χ4n) is 2.35. The van der Waals surface area contributed by atoms with Crippen molar-refractivity contribution in [3.63, 3.8) is 0 Å². The summed E-state index contributed by atoms with van der Waals surface area (Å²) in [7, 11) is 2.85. The van der Waals surface area contributed by atoms with Crippen molar-refractivity contribution in [3.8, 4) is 29.0 Å². The maximum absolute atomic E-state index is 14.4. The second kappa shape index (κ2) is 6.60. The van der Waals surface area contributed by atoms with Crippen LogP contribution in [0.5, 0.6) is 17.2 Å². The summed E-state index contributed by atoms with van der Waals surface area (Å²) in [6.45, 7) is 0. The van der Waals surface area contributed by atoms with Gasteiger partial charge in [0.15, 0.2) is 0 Å². The van der Waals surface area contributed by atoms with E-state index in [2.05, 4.69) is 5.10 Å². The van der Waals surface area contributed by atoms with Crippen molar-refractivity contribution >= 4 is 0 Å². The third-order valence-electron chi connectivity index (χ3n) is 3.64. The van der Waals surface area contributed by atoms with E-state index < -0.39 is 17.2 Å². The zero-order valence-corrected chi connectivity index (χ0v) is 13.8. The van der Waals surface area contributed by atoms with Crippen molar-refractivity contribution in [2.45, 2.75) is 0 Å². The van der Waals surface area contributed by atoms with Gasteiger partial charge in [-0.1, -0.05) is 0 Å². The fraction of sp³-hybridized carbons (Fsp3) is 0.118. The van der Waals surface area contributed by atoms with Crippen LogP contribution in [0.1, 0.15) is 5.56 Å². The zero-order chi connectivity index (χ0) is 18.8. The van der Waals surface area contributed by atoms with Gasteiger partial charge in [0.1, 0.15) is 29.1 Å². The van der Waals surface area contributed by atoms with Gasteiger partial charge in [-0.3, -0.25) is 0 Å². The predicted octanol–water partition coefficient (Wildman–Crippen LogP) is 1.68. The molecule has 26 heavy (non-hydrogen) atoms. The molecule has 8 nitrogen and oxygen atoms in total. The summed E-state index contributed by atoms with van der Waals surface area (Å²) < 4.78 is 26.6. The van der Waals surface area contributed by atoms with Crippen LogP contribution in [0.4, 0.5) is 4.39 Å². The van der Waals surface area contributed by atoms with Crippen LogP contribution in [0.15, 0.2) is 46.0 Å². The Morgan fingerprint density at radius 2 is 1.81 bits per heavy atom. The number of hydrogen-bond donors (Lipinski definition) is 1. The van der Waals surface area contributed by atoms with Crippen LogP contribution >= 0.6 is 0 Å². The molecule has 0 aliphatic rings. The molecule has 0 fully saturated rings. The first kappa shape index (κ1) is 17.0. The normalized spacial score (nSPS) is 10.4. The summed E-state index contributed by atoms with van der Waals surface area (Å²) >= 11 is 0. The van der Waals surface area contributed by atoms with Gasteiger partial charge in [-0.15, -0.1) is 0 Å². The molecule has 9 heteroatoms. The maximum Gasteiger partial charge on any atom is 0.351 e. The van der Waals surface area contributed by atoms with Gasteiger partial charge in [-0.25, -0.2) is 28.3 Å². The van der Waals surface area contributed by atoms with Crippen molar-refractivity contribution < 1.29 is 13.9 Å². The van der Waals surface area contributed by atoms with Gasteiger partial charge < -0.3 is 9.47 Å². The number of ether oxygens (including phenoxy) is 2. The second-order valence-electron chi connectivity index (χ2n) is 5.28. The minimum absolute atomic E-state index is 0.00391. The van der Waals surface area contributed by atoms with Gasteiger partial charge >= 0.3 is 11.4 Å². The molecule has 3 aromatic rings. The van der Waals surface area contributed by atoms with Gasteiger partial charge in [-0.2, -0.15) is 5.26 Å². The molecule has 0 atom stereocenters. The van der Waals surface area contributed by atoms with Crippen LogP contribution in [-0.2, 0) is 7.05 Å². The third kappa shape index (κ3) is 2.95. The van der Waals surface area contributed by atoms with Crippen LogP contribution in [0.3, 0.4) is 0 Å². The number of aromatic nitrogens is 3. The van der Waals surface area contributed by atoms with Gasteiger partial charge in [0.05, 0.1) is 18.4 Å². The number of halogens is 1. The summed E-state index contributed by atoms with van der Waals surface area (Å²) in [5, 5.41) is 11.5. The molecule has 0 spiro atoms. The number of H-pyrrole nitrogens is 1. The Bertz CT molecular complexity index is 1120. The van der Waals surface area contributed by atoms with Crippen molar-refractivity contribution in [2.75, 3.05) is 7.11 Å². The highest BCUT2D eigenvalue weighted by atomic mass is 19.1. The standard InChI is InChI=1S/C17H13FN4O4/c1-21-17(24)22(16(23)20-21)14-8-15(10(9-19)7-13(14)18)26-12-5-3-11(25-2)4-6-12/h3-8H,1-2H3,(H,20,23). The number of aryl methyl sites for hydroxylation is 1. The Balaban J connectivity index is 2.11. The molecule has 0 bridgehead atoms. The van der Waals surface area contributed by atoms with Crippen LogP contribution in [0.25, 0.3) is 5.69 Å². The average Bonchev–Trinajstić information content (AvgIpc) is 2.89. The van der Waals surface area contributed by atoms with Crippen LogP contribution in [0, 0.1) is 17.1 Å². The highest BCUT2D eigenvalue weighted by Crippen LogP contribution is 2.29. The number of hydrogen-bond acceptors (Lipinski definition) is 5. The molecule has 3 rings (SSSR count). The number of aromatic amines is 1. The van der Waals surface area contributed by atoms with Crippen LogP contribution < -0.4 is 20.9 Å². The van der Waals surface area contributed by atoms with Crippen LogP contribution in [-0.4, -0.2) is 21.5 Å². The molecule has 1 aromatic heterocycles. The fourth-order valence-corrected chi connectivity index (χ4v) is 2.35. The number of nitrogens with one attached hydrogen (secondary N) is 1. The van der Waals surface area contributed by atoms with E-state index in [0.29, 0.717) is 16.1 Å². The molecule has 0 aliphatic carbocycles. The van der Waals surface area contributed by atoms with Gasteiger partial charge in [0.25, 0.3) is 0 Å². The molecule has 0 aliphatic heterocycles. The minimum atomic E-state index is -0.901. The van der Waals surface area contributed by atoms with Gasteiger partial charge in [0.2, 0.25) is 0 Å². The molecular weight excluding hydrogens is 343 g/mol. The molecule has 0 saturated heterocycles. The molecule has 1 heterocycles. The average molecular weight is 356 g/mol. The van der Waals surface area contributed by atoms with Crippen molar-refractivity contribution in [1.29, 1.82) is 5.26 Å². The van der Waals surface area contributed by atoms with E-state index in [1.54, 1.807) is 24.3 Å². The third-order valence-corrected chi connectivity index (χ3v) is 3.64. The molecule has 0 radical (unpaired) electrons. The van der Waals surface area contributed by atoms with Crippen molar-refractivity contribution in [1.82, 2.24) is 14.3 Å². The topological polar surface area (TPSA) is 102 Å². The number of methoxy groups -OCH3 is 1. The first-order valence-electron chi connectivity index (χ1n) is 7.38. The highest BCUT2D eigenvalue weighted by Gasteiger charge is 2.18. The summed E-state index contributed by atoms with van der Waals surface area (Å²) in [4.78, 5) is 24.0. The van der Waals surface area contributed by atoms with E-state index in [1.165, 1.54) is 14.2 Å². The lowest BCUT2D eigenvalue weighted by molar-refractivity contribution is 0.412. The van der Waals surface area contributed by atoms with Crippen LogP contribution in [0.2, 0.25) is 0 Å². The summed E-state index contributed by atoms with van der Waals surface area (Å²) in [6.07, 6.45) is 0. The molecular formula is C17H13FN4O4. The first-order valence-corrected chi connectivity index (χ1v) is 7.38. The second-order valence-corrected chi connectivity index (χ2v) is 5.28. The Labute approximate surface area is 146 Å². The highest BCUT2D eigenvalue weighted by molar-refractivity contribution is 5.52. The van der Waals surface area contributed by atoms with E-state index in [0.717, 1.165) is 16.8 Å². The number of benzene rings is 2. The summed E-state index contributed by atoms with van der Waals surface area (Å²) in [5.41, 5.74) is -1.97. The molecule has 2 aromatic carbocycles. The maximum atomic E-state index is 14.4. The summed E-state index contributed by atoms with van der Waals surface area (Å²) in [6, 6.07) is 10.4. The van der Waals surface area contributed by atoms with E-state index >= 15 is 0 Å².